The largest absolute Gasteiger partial charge is 0.367 e. The molecule has 0 spiro atoms. The van der Waals surface area contributed by atoms with Gasteiger partial charge in [-0.3, -0.25) is 0 Å². The van der Waals surface area contributed by atoms with Gasteiger partial charge in [0.1, 0.15) is 24.4 Å². The minimum Gasteiger partial charge on any atom is -0.367 e. The van der Waals surface area contributed by atoms with Crippen LogP contribution in [0, 0.1) is 0 Å². The summed E-state index contributed by atoms with van der Waals surface area (Å²) in [6.07, 6.45) is -0.271. The minimum absolute atomic E-state index is 0.0164. The Hall–Kier alpha value is -0.200. The average Bonchev–Trinajstić information content (AvgIpc) is 2.81. The Kier molecular flexibility index (Phi) is 2.78. The predicted octanol–water partition coefficient (Wildman–Crippen LogP) is 1.45. The molecule has 1 unspecified atom stereocenters. The normalized spacial score (nSPS) is 49.5. The highest BCUT2D eigenvalue weighted by Gasteiger charge is 2.57. The summed E-state index contributed by atoms with van der Waals surface area (Å²) in [6.45, 7) is 10.3. The van der Waals surface area contributed by atoms with E-state index in [1.807, 2.05) is 34.6 Å². The van der Waals surface area contributed by atoms with Crippen molar-refractivity contribution in [3.05, 3.63) is 0 Å². The summed E-state index contributed by atoms with van der Waals surface area (Å²) in [4.78, 5) is 0. The molecule has 5 atom stereocenters. The Labute approximate surface area is 108 Å². The van der Waals surface area contributed by atoms with Crippen LogP contribution in [0.3, 0.4) is 0 Å². The van der Waals surface area contributed by atoms with Crippen LogP contribution in [0.2, 0.25) is 0 Å². The molecule has 0 N–H and O–H groups in total. The number of fused-ring (bicyclic) bond motifs is 1. The van der Waals surface area contributed by atoms with Crippen LogP contribution in [0.4, 0.5) is 0 Å². The van der Waals surface area contributed by atoms with Gasteiger partial charge in [-0.1, -0.05) is 0 Å². The lowest BCUT2D eigenvalue weighted by molar-refractivity contribution is -0.204. The number of hydrogen-bond donors (Lipinski definition) is 0. The molecule has 0 saturated carbocycles. The Morgan fingerprint density at radius 2 is 1.50 bits per heavy atom. The maximum Gasteiger partial charge on any atom is 0.164 e. The summed E-state index contributed by atoms with van der Waals surface area (Å²) in [5, 5.41) is 0. The third kappa shape index (κ3) is 2.08. The van der Waals surface area contributed by atoms with Crippen molar-refractivity contribution in [3.63, 3.8) is 0 Å². The molecule has 0 amide bonds. The molecule has 3 heterocycles. The lowest BCUT2D eigenvalue weighted by atomic mass is 10.1. The molecule has 5 nitrogen and oxygen atoms in total. The summed E-state index contributed by atoms with van der Waals surface area (Å²) in [6, 6.07) is 0. The third-order valence-electron chi connectivity index (χ3n) is 3.72. The smallest absolute Gasteiger partial charge is 0.164 e. The Bertz CT molecular complexity index is 340. The fraction of sp³-hybridized carbons (Fsp3) is 1.00. The number of ether oxygens (including phenoxy) is 5. The van der Waals surface area contributed by atoms with Crippen molar-refractivity contribution in [3.8, 4) is 0 Å². The summed E-state index contributed by atoms with van der Waals surface area (Å²) in [5.41, 5.74) is 0. The molecule has 0 bridgehead atoms. The zero-order valence-corrected chi connectivity index (χ0v) is 11.6. The first kappa shape index (κ1) is 12.8. The highest BCUT2D eigenvalue weighted by molar-refractivity contribution is 5.00. The van der Waals surface area contributed by atoms with Gasteiger partial charge in [0, 0.05) is 0 Å². The lowest BCUT2D eigenvalue weighted by Crippen LogP contribution is -2.40. The Morgan fingerprint density at radius 1 is 0.833 bits per heavy atom. The van der Waals surface area contributed by atoms with E-state index in [9.17, 15) is 0 Å². The summed E-state index contributed by atoms with van der Waals surface area (Å²) in [7, 11) is 0. The van der Waals surface area contributed by atoms with Crippen molar-refractivity contribution < 1.29 is 23.7 Å². The molecule has 0 aromatic rings. The molecule has 0 aromatic heterocycles. The van der Waals surface area contributed by atoms with Crippen LogP contribution in [0.15, 0.2) is 0 Å². The first-order valence-corrected chi connectivity index (χ1v) is 6.60. The van der Waals surface area contributed by atoms with Crippen LogP contribution in [0.1, 0.15) is 34.6 Å². The van der Waals surface area contributed by atoms with Crippen molar-refractivity contribution in [1.29, 1.82) is 0 Å². The van der Waals surface area contributed by atoms with E-state index in [2.05, 4.69) is 0 Å². The van der Waals surface area contributed by atoms with E-state index in [-0.39, 0.29) is 30.5 Å². The zero-order chi connectivity index (χ0) is 13.1. The highest BCUT2D eigenvalue weighted by atomic mass is 16.8. The molecule has 3 fully saturated rings. The van der Waals surface area contributed by atoms with Gasteiger partial charge in [0.2, 0.25) is 0 Å². The van der Waals surface area contributed by atoms with Gasteiger partial charge < -0.3 is 23.7 Å². The van der Waals surface area contributed by atoms with Gasteiger partial charge in [0.15, 0.2) is 11.6 Å². The van der Waals surface area contributed by atoms with Crippen molar-refractivity contribution >= 4 is 0 Å². The van der Waals surface area contributed by atoms with Gasteiger partial charge in [-0.15, -0.1) is 0 Å². The highest BCUT2D eigenvalue weighted by Crippen LogP contribution is 2.41. The van der Waals surface area contributed by atoms with Crippen LogP contribution >= 0.6 is 0 Å². The predicted molar refractivity (Wildman–Crippen MR) is 63.1 cm³/mol. The van der Waals surface area contributed by atoms with Crippen LogP contribution in [-0.2, 0) is 23.7 Å². The van der Waals surface area contributed by atoms with E-state index in [1.165, 1.54) is 0 Å². The molecule has 3 rings (SSSR count). The molecule has 3 aliphatic heterocycles. The van der Waals surface area contributed by atoms with Crippen LogP contribution in [0.5, 0.6) is 0 Å². The van der Waals surface area contributed by atoms with Crippen molar-refractivity contribution in [2.24, 2.45) is 0 Å². The second-order valence-corrected chi connectivity index (χ2v) is 6.24. The maximum atomic E-state index is 5.95. The topological polar surface area (TPSA) is 46.2 Å². The summed E-state index contributed by atoms with van der Waals surface area (Å²) < 4.78 is 29.3. The van der Waals surface area contributed by atoms with E-state index in [0.717, 1.165) is 0 Å². The molecule has 5 heteroatoms. The van der Waals surface area contributed by atoms with Crippen molar-refractivity contribution in [2.45, 2.75) is 76.7 Å². The number of rotatable bonds is 1. The molecule has 104 valence electrons. The second kappa shape index (κ2) is 3.90. The van der Waals surface area contributed by atoms with Gasteiger partial charge in [-0.25, -0.2) is 0 Å². The summed E-state index contributed by atoms with van der Waals surface area (Å²) >= 11 is 0. The van der Waals surface area contributed by atoms with E-state index >= 15 is 0 Å². The fourth-order valence-corrected chi connectivity index (χ4v) is 3.01. The molecular weight excluding hydrogens is 236 g/mol. The van der Waals surface area contributed by atoms with Crippen LogP contribution < -0.4 is 0 Å². The molecule has 3 aliphatic rings. The average molecular weight is 258 g/mol. The monoisotopic (exact) mass is 258 g/mol. The van der Waals surface area contributed by atoms with Gasteiger partial charge >= 0.3 is 0 Å². The summed E-state index contributed by atoms with van der Waals surface area (Å²) in [5.74, 6) is -1.08. The Balaban J connectivity index is 1.75. The quantitative estimate of drug-likeness (QED) is 0.712. The second-order valence-electron chi connectivity index (χ2n) is 6.24. The van der Waals surface area contributed by atoms with Crippen molar-refractivity contribution in [1.82, 2.24) is 0 Å². The molecule has 3 saturated heterocycles. The van der Waals surface area contributed by atoms with Gasteiger partial charge in [-0.05, 0) is 34.6 Å². The first-order valence-electron chi connectivity index (χ1n) is 6.60. The third-order valence-corrected chi connectivity index (χ3v) is 3.72. The molecule has 0 radical (unpaired) electrons. The minimum atomic E-state index is -0.541. The SMILES string of the molecule is CC1O[C@H]([C@H]2COC(C)(C)O2)[C@H]2OC(C)(C)O[C@@H]12. The standard InChI is InChI=1S/C13H22O5/c1-7-9-11(18-13(4,5)17-9)10(15-7)8-6-14-12(2,3)16-8/h7-11H,6H2,1-5H3/t7?,8-,9+,10-,11+/m1/s1. The van der Waals surface area contributed by atoms with Crippen molar-refractivity contribution in [2.75, 3.05) is 6.61 Å². The fourth-order valence-electron chi connectivity index (χ4n) is 3.01. The van der Waals surface area contributed by atoms with Gasteiger partial charge in [0.05, 0.1) is 12.7 Å². The maximum absolute atomic E-state index is 5.95. The lowest BCUT2D eigenvalue weighted by Gasteiger charge is -2.26. The van der Waals surface area contributed by atoms with E-state index < -0.39 is 11.6 Å². The van der Waals surface area contributed by atoms with E-state index in [1.54, 1.807) is 0 Å². The van der Waals surface area contributed by atoms with E-state index in [0.29, 0.717) is 6.61 Å². The molecule has 18 heavy (non-hydrogen) atoms. The van der Waals surface area contributed by atoms with Gasteiger partial charge in [-0.2, -0.15) is 0 Å². The van der Waals surface area contributed by atoms with Gasteiger partial charge in [0.25, 0.3) is 0 Å². The van der Waals surface area contributed by atoms with Crippen LogP contribution in [-0.4, -0.2) is 48.7 Å². The number of hydrogen-bond acceptors (Lipinski definition) is 5. The molecular formula is C13H22O5. The Morgan fingerprint density at radius 3 is 2.11 bits per heavy atom. The van der Waals surface area contributed by atoms with Crippen LogP contribution in [0.25, 0.3) is 0 Å². The van der Waals surface area contributed by atoms with E-state index in [4.69, 9.17) is 23.7 Å². The molecule has 0 aromatic carbocycles. The first-order chi connectivity index (χ1) is 8.27. The zero-order valence-electron chi connectivity index (χ0n) is 11.6. The molecule has 0 aliphatic carbocycles.